The van der Waals surface area contributed by atoms with E-state index in [1.54, 1.807) is 4.90 Å². The van der Waals surface area contributed by atoms with Crippen molar-refractivity contribution in [1.82, 2.24) is 4.90 Å². The standard InChI is InChI=1S/C17H23NO6/c1-21-16(19)13-22-9-10-23-15-7-8-18(11-15)17(20)24-12-14-5-3-2-4-6-14/h2-6,15H,7-13H2,1H3/t15-/m0/s1. The Bertz CT molecular complexity index is 521. The first-order valence-corrected chi connectivity index (χ1v) is 7.91. The van der Waals surface area contributed by atoms with Crippen LogP contribution in [-0.2, 0) is 30.3 Å². The summed E-state index contributed by atoms with van der Waals surface area (Å²) in [6, 6.07) is 9.56. The van der Waals surface area contributed by atoms with Crippen LogP contribution in [0.1, 0.15) is 12.0 Å². The van der Waals surface area contributed by atoms with Gasteiger partial charge in [-0.05, 0) is 12.0 Å². The highest BCUT2D eigenvalue weighted by atomic mass is 16.6. The molecular weight excluding hydrogens is 314 g/mol. The van der Waals surface area contributed by atoms with E-state index in [-0.39, 0.29) is 25.4 Å². The molecule has 7 nitrogen and oxygen atoms in total. The van der Waals surface area contributed by atoms with Crippen LogP contribution in [-0.4, -0.2) is 63.1 Å². The number of likely N-dealkylation sites (tertiary alicyclic amines) is 1. The first-order chi connectivity index (χ1) is 11.7. The number of ether oxygens (including phenoxy) is 4. The predicted molar refractivity (Wildman–Crippen MR) is 85.4 cm³/mol. The number of amides is 1. The summed E-state index contributed by atoms with van der Waals surface area (Å²) < 4.78 is 20.5. The van der Waals surface area contributed by atoms with Gasteiger partial charge in [0.25, 0.3) is 0 Å². The molecule has 1 atom stereocenters. The highest BCUT2D eigenvalue weighted by Gasteiger charge is 2.27. The van der Waals surface area contributed by atoms with Crippen LogP contribution in [0.4, 0.5) is 4.79 Å². The summed E-state index contributed by atoms with van der Waals surface area (Å²) in [7, 11) is 1.31. The van der Waals surface area contributed by atoms with E-state index in [9.17, 15) is 9.59 Å². The third-order valence-electron chi connectivity index (χ3n) is 3.64. The van der Waals surface area contributed by atoms with Gasteiger partial charge >= 0.3 is 12.1 Å². The van der Waals surface area contributed by atoms with Gasteiger partial charge in [-0.25, -0.2) is 9.59 Å². The summed E-state index contributed by atoms with van der Waals surface area (Å²) >= 11 is 0. The molecule has 0 aliphatic carbocycles. The summed E-state index contributed by atoms with van der Waals surface area (Å²) in [5, 5.41) is 0. The lowest BCUT2D eigenvalue weighted by Gasteiger charge is -2.16. The maximum absolute atomic E-state index is 12.0. The molecule has 0 saturated carbocycles. The minimum absolute atomic E-state index is 0.0315. The molecule has 1 aliphatic heterocycles. The number of nitrogens with zero attached hydrogens (tertiary/aromatic N) is 1. The van der Waals surface area contributed by atoms with Gasteiger partial charge in [0.15, 0.2) is 0 Å². The fraction of sp³-hybridized carbons (Fsp3) is 0.529. The number of rotatable bonds is 8. The van der Waals surface area contributed by atoms with Gasteiger partial charge in [0, 0.05) is 6.54 Å². The van der Waals surface area contributed by atoms with Crippen molar-refractivity contribution in [2.24, 2.45) is 0 Å². The average Bonchev–Trinajstić information content (AvgIpc) is 3.09. The van der Waals surface area contributed by atoms with Crippen molar-refractivity contribution in [3.63, 3.8) is 0 Å². The van der Waals surface area contributed by atoms with Crippen LogP contribution >= 0.6 is 0 Å². The SMILES string of the molecule is COC(=O)COCCO[C@H]1CCN(C(=O)OCc2ccccc2)C1. The Morgan fingerprint density at radius 3 is 2.75 bits per heavy atom. The second-order valence-corrected chi connectivity index (χ2v) is 5.40. The minimum Gasteiger partial charge on any atom is -0.467 e. The molecule has 0 N–H and O–H groups in total. The third-order valence-corrected chi connectivity index (χ3v) is 3.64. The van der Waals surface area contributed by atoms with Gasteiger partial charge in [0.1, 0.15) is 13.2 Å². The minimum atomic E-state index is -0.414. The second kappa shape index (κ2) is 9.89. The van der Waals surface area contributed by atoms with Crippen LogP contribution in [0.3, 0.4) is 0 Å². The molecule has 132 valence electrons. The van der Waals surface area contributed by atoms with Crippen molar-refractivity contribution in [3.05, 3.63) is 35.9 Å². The van der Waals surface area contributed by atoms with Crippen molar-refractivity contribution in [3.8, 4) is 0 Å². The van der Waals surface area contributed by atoms with E-state index in [0.29, 0.717) is 26.3 Å². The molecule has 1 aromatic carbocycles. The van der Waals surface area contributed by atoms with E-state index in [4.69, 9.17) is 14.2 Å². The Balaban J connectivity index is 1.58. The molecule has 1 heterocycles. The van der Waals surface area contributed by atoms with Crippen molar-refractivity contribution in [2.45, 2.75) is 19.1 Å². The van der Waals surface area contributed by atoms with E-state index in [0.717, 1.165) is 12.0 Å². The average molecular weight is 337 g/mol. The lowest BCUT2D eigenvalue weighted by atomic mass is 10.2. The van der Waals surface area contributed by atoms with Gasteiger partial charge in [-0.1, -0.05) is 30.3 Å². The second-order valence-electron chi connectivity index (χ2n) is 5.40. The summed E-state index contributed by atoms with van der Waals surface area (Å²) in [6.45, 7) is 1.98. The topological polar surface area (TPSA) is 74.3 Å². The fourth-order valence-electron chi connectivity index (χ4n) is 2.33. The summed E-state index contributed by atoms with van der Waals surface area (Å²) in [5.41, 5.74) is 0.959. The number of hydrogen-bond acceptors (Lipinski definition) is 6. The maximum atomic E-state index is 12.0. The zero-order valence-corrected chi connectivity index (χ0v) is 13.8. The number of carbonyl (C=O) groups excluding carboxylic acids is 2. The Labute approximate surface area is 141 Å². The van der Waals surface area contributed by atoms with E-state index < -0.39 is 5.97 Å². The Hall–Kier alpha value is -2.12. The molecule has 0 aromatic heterocycles. The molecule has 24 heavy (non-hydrogen) atoms. The molecule has 1 fully saturated rings. The maximum Gasteiger partial charge on any atom is 0.410 e. The largest absolute Gasteiger partial charge is 0.467 e. The van der Waals surface area contributed by atoms with Gasteiger partial charge in [-0.3, -0.25) is 0 Å². The molecule has 0 bridgehead atoms. The van der Waals surface area contributed by atoms with E-state index in [1.807, 2.05) is 30.3 Å². The molecule has 1 aromatic rings. The summed E-state index contributed by atoms with van der Waals surface area (Å²) in [6.07, 6.45) is 0.403. The Morgan fingerprint density at radius 1 is 1.21 bits per heavy atom. The monoisotopic (exact) mass is 337 g/mol. The number of methoxy groups -OCH3 is 1. The van der Waals surface area contributed by atoms with E-state index >= 15 is 0 Å². The van der Waals surface area contributed by atoms with Crippen LogP contribution in [0.2, 0.25) is 0 Å². The van der Waals surface area contributed by atoms with Gasteiger partial charge in [0.05, 0.1) is 33.0 Å². The fourth-order valence-corrected chi connectivity index (χ4v) is 2.33. The van der Waals surface area contributed by atoms with Gasteiger partial charge in [0.2, 0.25) is 0 Å². The predicted octanol–water partition coefficient (Wildman–Crippen LogP) is 1.60. The summed E-state index contributed by atoms with van der Waals surface area (Å²) in [4.78, 5) is 24.5. The first kappa shape index (κ1) is 18.2. The lowest BCUT2D eigenvalue weighted by molar-refractivity contribution is -0.146. The van der Waals surface area contributed by atoms with Crippen LogP contribution in [0, 0.1) is 0 Å². The highest BCUT2D eigenvalue weighted by Crippen LogP contribution is 2.14. The normalized spacial score (nSPS) is 16.9. The number of benzene rings is 1. The van der Waals surface area contributed by atoms with Gasteiger partial charge in [-0.2, -0.15) is 0 Å². The van der Waals surface area contributed by atoms with Crippen LogP contribution in [0.25, 0.3) is 0 Å². The molecular formula is C17H23NO6. The van der Waals surface area contributed by atoms with Gasteiger partial charge < -0.3 is 23.8 Å². The van der Waals surface area contributed by atoms with Crippen LogP contribution < -0.4 is 0 Å². The third kappa shape index (κ3) is 6.17. The number of esters is 1. The lowest BCUT2D eigenvalue weighted by Crippen LogP contribution is -2.31. The molecule has 1 amide bonds. The molecule has 1 aliphatic rings. The van der Waals surface area contributed by atoms with E-state index in [1.165, 1.54) is 7.11 Å². The van der Waals surface area contributed by atoms with Crippen molar-refractivity contribution < 1.29 is 28.5 Å². The molecule has 0 radical (unpaired) electrons. The van der Waals surface area contributed by atoms with Crippen molar-refractivity contribution >= 4 is 12.1 Å². The first-order valence-electron chi connectivity index (χ1n) is 7.91. The summed E-state index contributed by atoms with van der Waals surface area (Å²) in [5.74, 6) is -0.414. The van der Waals surface area contributed by atoms with E-state index in [2.05, 4.69) is 4.74 Å². The quantitative estimate of drug-likeness (QED) is 0.530. The van der Waals surface area contributed by atoms with Crippen molar-refractivity contribution in [1.29, 1.82) is 0 Å². The Morgan fingerprint density at radius 2 is 2.00 bits per heavy atom. The smallest absolute Gasteiger partial charge is 0.410 e. The van der Waals surface area contributed by atoms with Crippen molar-refractivity contribution in [2.75, 3.05) is 40.0 Å². The zero-order chi connectivity index (χ0) is 17.2. The number of hydrogen-bond donors (Lipinski definition) is 0. The zero-order valence-electron chi connectivity index (χ0n) is 13.8. The molecule has 0 spiro atoms. The molecule has 2 rings (SSSR count). The van der Waals surface area contributed by atoms with Gasteiger partial charge in [-0.15, -0.1) is 0 Å². The molecule has 7 heteroatoms. The van der Waals surface area contributed by atoms with Crippen LogP contribution in [0.5, 0.6) is 0 Å². The highest BCUT2D eigenvalue weighted by molar-refractivity contribution is 5.70. The number of carbonyl (C=O) groups is 2. The Kier molecular flexibility index (Phi) is 7.51. The molecule has 0 unspecified atom stereocenters. The van der Waals surface area contributed by atoms with Crippen LogP contribution in [0.15, 0.2) is 30.3 Å². The molecule has 1 saturated heterocycles.